The molecular weight excluding hydrogens is 416 g/mol. The van der Waals surface area contributed by atoms with Crippen LogP contribution < -0.4 is 9.47 Å². The Balaban J connectivity index is 1.53. The van der Waals surface area contributed by atoms with E-state index in [0.29, 0.717) is 17.5 Å². The smallest absolute Gasteiger partial charge is 0.274 e. The van der Waals surface area contributed by atoms with Gasteiger partial charge >= 0.3 is 0 Å². The fourth-order valence-corrected chi connectivity index (χ4v) is 3.97. The van der Waals surface area contributed by atoms with Crippen molar-refractivity contribution in [2.45, 2.75) is 12.5 Å². The molecule has 164 valence electrons. The van der Waals surface area contributed by atoms with Gasteiger partial charge in [0.25, 0.3) is 5.91 Å². The molecule has 1 aliphatic rings. The summed E-state index contributed by atoms with van der Waals surface area (Å²) in [5.41, 5.74) is 4.70. The number of amides is 1. The summed E-state index contributed by atoms with van der Waals surface area (Å²) >= 11 is 0. The number of fused-ring (bicyclic) bond motifs is 1. The zero-order valence-corrected chi connectivity index (χ0v) is 18.3. The van der Waals surface area contributed by atoms with E-state index in [9.17, 15) is 4.79 Å². The molecule has 0 bridgehead atoms. The van der Waals surface area contributed by atoms with Crippen molar-refractivity contribution < 1.29 is 14.3 Å². The maximum atomic E-state index is 13.6. The summed E-state index contributed by atoms with van der Waals surface area (Å²) in [6.07, 6.45) is 3.85. The number of methoxy groups -OCH3 is 2. The van der Waals surface area contributed by atoms with Crippen LogP contribution in [-0.2, 0) is 0 Å². The lowest BCUT2D eigenvalue weighted by Crippen LogP contribution is -2.27. The van der Waals surface area contributed by atoms with Crippen molar-refractivity contribution in [2.24, 2.45) is 5.10 Å². The number of aromatic nitrogens is 2. The molecule has 7 heteroatoms. The molecule has 0 saturated heterocycles. The average Bonchev–Trinajstić information content (AvgIpc) is 3.33. The van der Waals surface area contributed by atoms with Crippen LogP contribution in [0.25, 0.3) is 11.0 Å². The minimum atomic E-state index is -0.238. The standard InChI is InChI=1S/C26H22N4O3/c1-32-20-8-3-17(4-9-20)23-16-25(18-5-10-21(33-2)11-6-18)30(29-23)26(31)19-7-12-22-24(15-19)28-14-13-27-22/h3-15,25H,16H2,1-2H3. The van der Waals surface area contributed by atoms with Crippen LogP contribution in [0.2, 0.25) is 0 Å². The Kier molecular flexibility index (Phi) is 5.44. The van der Waals surface area contributed by atoms with Crippen LogP contribution in [0.1, 0.15) is 33.9 Å². The van der Waals surface area contributed by atoms with E-state index in [2.05, 4.69) is 9.97 Å². The molecule has 0 N–H and O–H groups in total. The van der Waals surface area contributed by atoms with E-state index in [0.717, 1.165) is 33.9 Å². The Labute approximate surface area is 191 Å². The first-order chi connectivity index (χ1) is 16.2. The van der Waals surface area contributed by atoms with Crippen molar-refractivity contribution in [2.75, 3.05) is 14.2 Å². The summed E-state index contributed by atoms with van der Waals surface area (Å²) in [7, 11) is 3.27. The van der Waals surface area contributed by atoms with E-state index in [1.54, 1.807) is 43.8 Å². The zero-order valence-electron chi connectivity index (χ0n) is 18.3. The first kappa shape index (κ1) is 20.6. The summed E-state index contributed by atoms with van der Waals surface area (Å²) in [5.74, 6) is 1.35. The molecule has 7 nitrogen and oxygen atoms in total. The first-order valence-electron chi connectivity index (χ1n) is 10.6. The number of hydrazone groups is 1. The fourth-order valence-electron chi connectivity index (χ4n) is 3.97. The van der Waals surface area contributed by atoms with E-state index < -0.39 is 0 Å². The van der Waals surface area contributed by atoms with Crippen molar-refractivity contribution in [3.05, 3.63) is 95.8 Å². The largest absolute Gasteiger partial charge is 0.497 e. The second-order valence-electron chi connectivity index (χ2n) is 7.68. The quantitative estimate of drug-likeness (QED) is 0.454. The van der Waals surface area contributed by atoms with E-state index in [4.69, 9.17) is 14.6 Å². The van der Waals surface area contributed by atoms with E-state index in [1.165, 1.54) is 0 Å². The van der Waals surface area contributed by atoms with Crippen LogP contribution in [0.4, 0.5) is 0 Å². The Bertz CT molecular complexity index is 1330. The molecule has 0 saturated carbocycles. The maximum absolute atomic E-state index is 13.6. The summed E-state index contributed by atoms with van der Waals surface area (Å²) < 4.78 is 10.6. The van der Waals surface area contributed by atoms with Crippen molar-refractivity contribution in [1.29, 1.82) is 0 Å². The number of ether oxygens (including phenoxy) is 2. The third kappa shape index (κ3) is 4.01. The van der Waals surface area contributed by atoms with Crippen LogP contribution in [0, 0.1) is 0 Å². The van der Waals surface area contributed by atoms with Crippen LogP contribution in [0.15, 0.2) is 84.2 Å². The van der Waals surface area contributed by atoms with E-state index >= 15 is 0 Å². The third-order valence-corrected chi connectivity index (χ3v) is 5.76. The number of rotatable bonds is 5. The lowest BCUT2D eigenvalue weighted by Gasteiger charge is -2.22. The molecule has 33 heavy (non-hydrogen) atoms. The van der Waals surface area contributed by atoms with Gasteiger partial charge in [0.1, 0.15) is 11.5 Å². The van der Waals surface area contributed by atoms with Crippen molar-refractivity contribution in [3.8, 4) is 11.5 Å². The van der Waals surface area contributed by atoms with Gasteiger partial charge in [-0.3, -0.25) is 14.8 Å². The molecule has 1 atom stereocenters. The SMILES string of the molecule is COc1ccc(C2=NN(C(=O)c3ccc4nccnc4c3)C(c3ccc(OC)cc3)C2)cc1. The Morgan fingerprint density at radius 3 is 2.15 bits per heavy atom. The van der Waals surface area contributed by atoms with Crippen molar-refractivity contribution in [3.63, 3.8) is 0 Å². The molecule has 0 spiro atoms. The van der Waals surface area contributed by atoms with Gasteiger partial charge < -0.3 is 9.47 Å². The predicted molar refractivity (Wildman–Crippen MR) is 126 cm³/mol. The second kappa shape index (κ2) is 8.70. The molecule has 3 aromatic carbocycles. The first-order valence-corrected chi connectivity index (χ1v) is 10.6. The molecule has 1 amide bonds. The number of nitrogens with zero attached hydrogens (tertiary/aromatic N) is 4. The third-order valence-electron chi connectivity index (χ3n) is 5.76. The Hall–Kier alpha value is -4.26. The van der Waals surface area contributed by atoms with Gasteiger partial charge in [-0.25, -0.2) is 5.01 Å². The number of carbonyl (C=O) groups is 1. The monoisotopic (exact) mass is 438 g/mol. The molecule has 1 unspecified atom stereocenters. The highest BCUT2D eigenvalue weighted by atomic mass is 16.5. The topological polar surface area (TPSA) is 76.9 Å². The predicted octanol–water partition coefficient (Wildman–Crippen LogP) is 4.64. The summed E-state index contributed by atoms with van der Waals surface area (Å²) in [4.78, 5) is 22.2. The lowest BCUT2D eigenvalue weighted by molar-refractivity contribution is 0.0711. The van der Waals surface area contributed by atoms with Crippen LogP contribution >= 0.6 is 0 Å². The highest BCUT2D eigenvalue weighted by Gasteiger charge is 2.34. The number of carbonyl (C=O) groups excluding carboxylic acids is 1. The highest BCUT2D eigenvalue weighted by Crippen LogP contribution is 2.35. The Morgan fingerprint density at radius 2 is 1.48 bits per heavy atom. The molecule has 0 fully saturated rings. The molecule has 1 aliphatic heterocycles. The zero-order chi connectivity index (χ0) is 22.8. The van der Waals surface area contributed by atoms with Gasteiger partial charge in [0.2, 0.25) is 0 Å². The molecule has 1 aromatic heterocycles. The summed E-state index contributed by atoms with van der Waals surface area (Å²) in [5, 5.41) is 6.33. The highest BCUT2D eigenvalue weighted by molar-refractivity contribution is 6.05. The van der Waals surface area contributed by atoms with Crippen molar-refractivity contribution in [1.82, 2.24) is 15.0 Å². The van der Waals surface area contributed by atoms with Gasteiger partial charge in [0.15, 0.2) is 0 Å². The summed E-state index contributed by atoms with van der Waals surface area (Å²) in [6, 6.07) is 20.6. The molecule has 4 aromatic rings. The van der Waals surface area contributed by atoms with Gasteiger partial charge in [-0.05, 0) is 65.7 Å². The van der Waals surface area contributed by atoms with Gasteiger partial charge in [0, 0.05) is 24.4 Å². The van der Waals surface area contributed by atoms with Gasteiger partial charge in [-0.2, -0.15) is 5.10 Å². The van der Waals surface area contributed by atoms with E-state index in [-0.39, 0.29) is 11.9 Å². The number of hydrogen-bond donors (Lipinski definition) is 0. The number of benzene rings is 3. The fraction of sp³-hybridized carbons (Fsp3) is 0.154. The summed E-state index contributed by atoms with van der Waals surface area (Å²) in [6.45, 7) is 0. The normalized spacial score (nSPS) is 15.4. The second-order valence-corrected chi connectivity index (χ2v) is 7.68. The van der Waals surface area contributed by atoms with Gasteiger partial charge in [-0.15, -0.1) is 0 Å². The van der Waals surface area contributed by atoms with E-state index in [1.807, 2.05) is 54.6 Å². The number of hydrogen-bond acceptors (Lipinski definition) is 6. The van der Waals surface area contributed by atoms with Crippen LogP contribution in [0.5, 0.6) is 11.5 Å². The molecule has 5 rings (SSSR count). The minimum Gasteiger partial charge on any atom is -0.497 e. The van der Waals surface area contributed by atoms with Crippen LogP contribution in [0.3, 0.4) is 0 Å². The molecular formula is C26H22N4O3. The molecule has 0 aliphatic carbocycles. The van der Waals surface area contributed by atoms with Crippen LogP contribution in [-0.4, -0.2) is 40.8 Å². The molecule has 0 radical (unpaired) electrons. The van der Waals surface area contributed by atoms with Gasteiger partial charge in [-0.1, -0.05) is 12.1 Å². The average molecular weight is 438 g/mol. The van der Waals surface area contributed by atoms with Gasteiger partial charge in [0.05, 0.1) is 37.0 Å². The molecule has 2 heterocycles. The lowest BCUT2D eigenvalue weighted by atomic mass is 9.98. The Morgan fingerprint density at radius 1 is 0.848 bits per heavy atom. The minimum absolute atomic E-state index is 0.188. The maximum Gasteiger partial charge on any atom is 0.274 e. The van der Waals surface area contributed by atoms with Crippen molar-refractivity contribution >= 4 is 22.7 Å².